The first kappa shape index (κ1) is 15.3. The van der Waals surface area contributed by atoms with Gasteiger partial charge in [-0.2, -0.15) is 0 Å². The van der Waals surface area contributed by atoms with E-state index in [4.69, 9.17) is 11.6 Å². The van der Waals surface area contributed by atoms with E-state index in [0.29, 0.717) is 23.2 Å². The Hall–Kier alpha value is -1.06. The van der Waals surface area contributed by atoms with Crippen LogP contribution in [0.4, 0.5) is 0 Å². The minimum Gasteiger partial charge on any atom is -0.507 e. The van der Waals surface area contributed by atoms with Gasteiger partial charge in [-0.25, -0.2) is 0 Å². The molecule has 4 heteroatoms. The van der Waals surface area contributed by atoms with Gasteiger partial charge in [0.1, 0.15) is 5.75 Å². The van der Waals surface area contributed by atoms with Crippen LogP contribution in [-0.2, 0) is 6.54 Å². The molecule has 0 atom stereocenters. The van der Waals surface area contributed by atoms with Crippen molar-refractivity contribution in [3.8, 4) is 5.75 Å². The van der Waals surface area contributed by atoms with Crippen LogP contribution >= 0.6 is 11.6 Å². The minimum atomic E-state index is -0.162. The van der Waals surface area contributed by atoms with E-state index < -0.39 is 0 Å². The Morgan fingerprint density at radius 1 is 1.45 bits per heavy atom. The number of Topliss-reactive ketones (excluding diaryl/α,β-unsaturated/α-hetero) is 1. The Bertz CT molecular complexity index is 509. The molecule has 2 rings (SSSR count). The van der Waals surface area contributed by atoms with Crippen molar-refractivity contribution < 1.29 is 9.90 Å². The molecule has 0 aromatic heterocycles. The Kier molecular flexibility index (Phi) is 4.71. The number of carbonyl (C=O) groups excluding carboxylic acids is 1. The van der Waals surface area contributed by atoms with E-state index in [0.717, 1.165) is 18.0 Å². The maximum Gasteiger partial charge on any atom is 0.163 e. The summed E-state index contributed by atoms with van der Waals surface area (Å²) in [5.74, 6) is 0.693. The fraction of sp³-hybridized carbons (Fsp3) is 0.562. The zero-order valence-corrected chi connectivity index (χ0v) is 13.1. The summed E-state index contributed by atoms with van der Waals surface area (Å²) in [5, 5.41) is 10.8. The molecule has 1 N–H and O–H groups in total. The molecule has 3 nitrogen and oxygen atoms in total. The highest BCUT2D eigenvalue weighted by atomic mass is 35.5. The van der Waals surface area contributed by atoms with Crippen LogP contribution in [0, 0.1) is 5.92 Å². The topological polar surface area (TPSA) is 40.5 Å². The Morgan fingerprint density at radius 3 is 2.60 bits per heavy atom. The molecule has 0 bridgehead atoms. The van der Waals surface area contributed by atoms with Crippen molar-refractivity contribution in [1.29, 1.82) is 0 Å². The van der Waals surface area contributed by atoms with Gasteiger partial charge in [0, 0.05) is 29.7 Å². The van der Waals surface area contributed by atoms with Crippen molar-refractivity contribution >= 4 is 17.4 Å². The highest BCUT2D eigenvalue weighted by Crippen LogP contribution is 2.33. The second kappa shape index (κ2) is 6.15. The van der Waals surface area contributed by atoms with E-state index in [1.165, 1.54) is 25.8 Å². The van der Waals surface area contributed by atoms with Crippen LogP contribution < -0.4 is 0 Å². The zero-order chi connectivity index (χ0) is 14.9. The van der Waals surface area contributed by atoms with Gasteiger partial charge in [-0.1, -0.05) is 11.6 Å². The number of carbonyl (C=O) groups is 1. The van der Waals surface area contributed by atoms with Crippen molar-refractivity contribution in [3.05, 3.63) is 28.3 Å². The second-order valence-electron chi connectivity index (χ2n) is 5.98. The molecule has 1 aromatic rings. The van der Waals surface area contributed by atoms with Crippen molar-refractivity contribution in [2.24, 2.45) is 5.92 Å². The molecule has 0 saturated heterocycles. The quantitative estimate of drug-likeness (QED) is 0.810. The van der Waals surface area contributed by atoms with E-state index >= 15 is 0 Å². The molecule has 1 aliphatic rings. The number of rotatable bonds is 6. The number of ketones is 1. The molecule has 1 saturated carbocycles. The van der Waals surface area contributed by atoms with Gasteiger partial charge in [-0.3, -0.25) is 9.69 Å². The molecule has 1 aromatic carbocycles. The Labute approximate surface area is 125 Å². The minimum absolute atomic E-state index is 0.0725. The van der Waals surface area contributed by atoms with Gasteiger partial charge >= 0.3 is 0 Å². The largest absolute Gasteiger partial charge is 0.507 e. The molecular weight excluding hydrogens is 274 g/mol. The average molecular weight is 296 g/mol. The van der Waals surface area contributed by atoms with Crippen molar-refractivity contribution in [1.82, 2.24) is 4.90 Å². The summed E-state index contributed by atoms with van der Waals surface area (Å²) in [4.78, 5) is 13.9. The fourth-order valence-corrected chi connectivity index (χ4v) is 2.59. The molecule has 0 spiro atoms. The normalized spacial score (nSPS) is 15.1. The molecule has 0 radical (unpaired) electrons. The van der Waals surface area contributed by atoms with Crippen LogP contribution in [0.1, 0.15) is 49.5 Å². The lowest BCUT2D eigenvalue weighted by molar-refractivity contribution is 0.101. The number of halogens is 1. The summed E-state index contributed by atoms with van der Waals surface area (Å²) in [6.45, 7) is 7.41. The van der Waals surface area contributed by atoms with E-state index in [2.05, 4.69) is 18.7 Å². The average Bonchev–Trinajstić information content (AvgIpc) is 3.15. The summed E-state index contributed by atoms with van der Waals surface area (Å²) in [7, 11) is 0. The molecule has 110 valence electrons. The van der Waals surface area contributed by atoms with Crippen molar-refractivity contribution in [2.75, 3.05) is 6.54 Å². The molecule has 20 heavy (non-hydrogen) atoms. The van der Waals surface area contributed by atoms with E-state index in [9.17, 15) is 9.90 Å². The van der Waals surface area contributed by atoms with Crippen LogP contribution in [0.25, 0.3) is 0 Å². The molecule has 1 fully saturated rings. The number of phenolic OH excluding ortho intramolecular Hbond substituents is 1. The first-order valence-electron chi connectivity index (χ1n) is 7.15. The molecular formula is C16H22ClNO2. The first-order chi connectivity index (χ1) is 9.38. The number of benzene rings is 1. The zero-order valence-electron chi connectivity index (χ0n) is 12.3. The monoisotopic (exact) mass is 295 g/mol. The lowest BCUT2D eigenvalue weighted by Gasteiger charge is -2.27. The van der Waals surface area contributed by atoms with Gasteiger partial charge in [-0.15, -0.1) is 0 Å². The SMILES string of the molecule is CC(=O)c1cc(Cl)cc(CN(CC2CC2)C(C)C)c1O. The summed E-state index contributed by atoms with van der Waals surface area (Å²) in [6.07, 6.45) is 2.59. The first-order valence-corrected chi connectivity index (χ1v) is 7.52. The molecule has 0 aliphatic heterocycles. The van der Waals surface area contributed by atoms with Crippen LogP contribution in [0.5, 0.6) is 5.75 Å². The fourth-order valence-electron chi connectivity index (χ4n) is 2.35. The van der Waals surface area contributed by atoms with Crippen LogP contribution in [0.15, 0.2) is 12.1 Å². The third-order valence-corrected chi connectivity index (χ3v) is 4.04. The maximum absolute atomic E-state index is 11.5. The number of phenols is 1. The lowest BCUT2D eigenvalue weighted by Crippen LogP contribution is -2.32. The molecule has 0 amide bonds. The molecule has 0 unspecified atom stereocenters. The summed E-state index contributed by atoms with van der Waals surface area (Å²) in [5.41, 5.74) is 1.04. The van der Waals surface area contributed by atoms with E-state index in [-0.39, 0.29) is 11.5 Å². The van der Waals surface area contributed by atoms with E-state index in [1.807, 2.05) is 0 Å². The predicted molar refractivity (Wildman–Crippen MR) is 81.4 cm³/mol. The standard InChI is InChI=1S/C16H22ClNO2/c1-10(2)18(8-12-4-5-12)9-13-6-14(17)7-15(11(3)19)16(13)20/h6-7,10,12,20H,4-5,8-9H2,1-3H3. The number of hydrogen-bond donors (Lipinski definition) is 1. The Morgan fingerprint density at radius 2 is 2.10 bits per heavy atom. The van der Waals surface area contributed by atoms with Gasteiger partial charge < -0.3 is 5.11 Å². The third kappa shape index (κ3) is 3.74. The van der Waals surface area contributed by atoms with Crippen molar-refractivity contribution in [2.45, 2.75) is 46.2 Å². The van der Waals surface area contributed by atoms with Gasteiger partial charge in [0.25, 0.3) is 0 Å². The van der Waals surface area contributed by atoms with Crippen LogP contribution in [-0.4, -0.2) is 28.4 Å². The number of nitrogens with zero attached hydrogens (tertiary/aromatic N) is 1. The Balaban J connectivity index is 2.24. The van der Waals surface area contributed by atoms with E-state index in [1.54, 1.807) is 6.07 Å². The predicted octanol–water partition coefficient (Wildman–Crippen LogP) is 3.87. The van der Waals surface area contributed by atoms with Crippen LogP contribution in [0.3, 0.4) is 0 Å². The summed E-state index contributed by atoms with van der Waals surface area (Å²) in [6, 6.07) is 3.68. The number of aromatic hydroxyl groups is 1. The van der Waals surface area contributed by atoms with Crippen molar-refractivity contribution in [3.63, 3.8) is 0 Å². The summed E-state index contributed by atoms with van der Waals surface area (Å²) < 4.78 is 0. The number of hydrogen-bond acceptors (Lipinski definition) is 3. The summed E-state index contributed by atoms with van der Waals surface area (Å²) >= 11 is 6.07. The smallest absolute Gasteiger partial charge is 0.163 e. The molecule has 1 aliphatic carbocycles. The highest BCUT2D eigenvalue weighted by molar-refractivity contribution is 6.31. The second-order valence-corrected chi connectivity index (χ2v) is 6.42. The van der Waals surface area contributed by atoms with Crippen LogP contribution in [0.2, 0.25) is 5.02 Å². The van der Waals surface area contributed by atoms with Gasteiger partial charge in [0.15, 0.2) is 5.78 Å². The van der Waals surface area contributed by atoms with Gasteiger partial charge in [0.05, 0.1) is 5.56 Å². The lowest BCUT2D eigenvalue weighted by atomic mass is 10.0. The molecule has 0 heterocycles. The third-order valence-electron chi connectivity index (χ3n) is 3.83. The van der Waals surface area contributed by atoms with Gasteiger partial charge in [-0.05, 0) is 51.7 Å². The highest BCUT2D eigenvalue weighted by Gasteiger charge is 2.26. The van der Waals surface area contributed by atoms with Gasteiger partial charge in [0.2, 0.25) is 0 Å². The maximum atomic E-state index is 11.5.